The van der Waals surface area contributed by atoms with Gasteiger partial charge in [-0.2, -0.15) is 5.26 Å². The fraction of sp³-hybridized carbons (Fsp3) is 0.0625. The van der Waals surface area contributed by atoms with E-state index in [1.54, 1.807) is 0 Å². The van der Waals surface area contributed by atoms with Gasteiger partial charge in [-0.1, -0.05) is 50.7 Å². The van der Waals surface area contributed by atoms with Gasteiger partial charge in [0.2, 0.25) is 5.69 Å². The standard InChI is InChI=1S/C16H4BrCl3N4O2/c1-22-12-4-7(24(25)26)3-11(17)9(12)5-8-10(6-21)14(19)16(23-2)15(20)13(8)18/h3-4H,5H2. The number of hydrogen-bond acceptors (Lipinski definition) is 3. The molecule has 128 valence electrons. The van der Waals surface area contributed by atoms with E-state index in [2.05, 4.69) is 25.6 Å². The molecule has 10 heteroatoms. The topological polar surface area (TPSA) is 75.7 Å². The van der Waals surface area contributed by atoms with E-state index in [1.165, 1.54) is 6.07 Å². The van der Waals surface area contributed by atoms with E-state index in [1.807, 2.05) is 6.07 Å². The molecule has 0 bridgehead atoms. The molecule has 0 aliphatic heterocycles. The Bertz CT molecular complexity index is 1080. The van der Waals surface area contributed by atoms with Crippen LogP contribution < -0.4 is 0 Å². The molecule has 2 rings (SSSR count). The van der Waals surface area contributed by atoms with Crippen LogP contribution in [0.5, 0.6) is 0 Å². The van der Waals surface area contributed by atoms with Gasteiger partial charge in [0.25, 0.3) is 5.69 Å². The summed E-state index contributed by atoms with van der Waals surface area (Å²) in [6.07, 6.45) is -0.0320. The van der Waals surface area contributed by atoms with E-state index in [-0.39, 0.29) is 49.7 Å². The van der Waals surface area contributed by atoms with Crippen LogP contribution in [0.1, 0.15) is 16.7 Å². The summed E-state index contributed by atoms with van der Waals surface area (Å²) in [5.41, 5.74) is 0.216. The van der Waals surface area contributed by atoms with Gasteiger partial charge in [0.15, 0.2) is 5.69 Å². The van der Waals surface area contributed by atoms with E-state index in [4.69, 9.17) is 47.9 Å². The molecular weight excluding hydrogens is 466 g/mol. The molecule has 0 saturated carbocycles. The minimum absolute atomic E-state index is 0.0209. The maximum absolute atomic E-state index is 11.0. The third-order valence-corrected chi connectivity index (χ3v) is 5.42. The maximum Gasteiger partial charge on any atom is 0.260 e. The van der Waals surface area contributed by atoms with Crippen molar-refractivity contribution in [2.75, 3.05) is 0 Å². The van der Waals surface area contributed by atoms with E-state index in [0.717, 1.165) is 6.07 Å². The molecule has 0 radical (unpaired) electrons. The molecule has 0 unspecified atom stereocenters. The smallest absolute Gasteiger partial charge is 0.258 e. The van der Waals surface area contributed by atoms with Crippen LogP contribution in [0, 0.1) is 34.6 Å². The lowest BCUT2D eigenvalue weighted by Gasteiger charge is -2.14. The number of nitro benzene ring substituents is 1. The van der Waals surface area contributed by atoms with Crippen molar-refractivity contribution in [2.24, 2.45) is 0 Å². The fourth-order valence-electron chi connectivity index (χ4n) is 2.24. The van der Waals surface area contributed by atoms with Crippen LogP contribution in [0.15, 0.2) is 16.6 Å². The average molecular weight is 470 g/mol. The molecule has 0 atom stereocenters. The fourth-order valence-corrected chi connectivity index (χ4v) is 3.66. The first kappa shape index (κ1) is 20.0. The molecule has 0 spiro atoms. The molecule has 0 N–H and O–H groups in total. The van der Waals surface area contributed by atoms with Gasteiger partial charge in [-0.25, -0.2) is 9.69 Å². The Morgan fingerprint density at radius 2 is 1.81 bits per heavy atom. The zero-order chi connectivity index (χ0) is 19.6. The lowest BCUT2D eigenvalue weighted by atomic mass is 9.98. The molecule has 0 aromatic heterocycles. The SMILES string of the molecule is [C-]#[N+]c1cc([N+](=O)[O-])cc(Br)c1Cc1c(Cl)c(Cl)c([N+]#[C-])c(Cl)c1C#N. The number of non-ortho nitro benzene ring substituents is 1. The van der Waals surface area contributed by atoms with Crippen molar-refractivity contribution in [2.45, 2.75) is 6.42 Å². The quantitative estimate of drug-likeness (QED) is 0.212. The summed E-state index contributed by atoms with van der Waals surface area (Å²) >= 11 is 21.6. The zero-order valence-corrected chi connectivity index (χ0v) is 16.3. The number of nitriles is 1. The Kier molecular flexibility index (Phi) is 6.08. The highest BCUT2D eigenvalue weighted by Gasteiger charge is 2.24. The Morgan fingerprint density at radius 3 is 2.31 bits per heavy atom. The van der Waals surface area contributed by atoms with E-state index < -0.39 is 4.92 Å². The monoisotopic (exact) mass is 468 g/mol. The highest BCUT2D eigenvalue weighted by Crippen LogP contribution is 2.45. The highest BCUT2D eigenvalue weighted by atomic mass is 79.9. The minimum Gasteiger partial charge on any atom is -0.258 e. The van der Waals surface area contributed by atoms with Gasteiger partial charge in [0.1, 0.15) is 0 Å². The largest absolute Gasteiger partial charge is 0.260 e. The Morgan fingerprint density at radius 1 is 1.15 bits per heavy atom. The van der Waals surface area contributed by atoms with Crippen LogP contribution in [0.4, 0.5) is 17.1 Å². The summed E-state index contributed by atoms with van der Waals surface area (Å²) in [5.74, 6) is 0. The van der Waals surface area contributed by atoms with Crippen molar-refractivity contribution in [1.82, 2.24) is 0 Å². The molecule has 2 aromatic carbocycles. The Hall–Kier alpha value is -2.34. The summed E-state index contributed by atoms with van der Waals surface area (Å²) in [6, 6.07) is 4.27. The molecular formula is C16H4BrCl3N4O2. The third-order valence-electron chi connectivity index (χ3n) is 3.46. The summed E-state index contributed by atoms with van der Waals surface area (Å²) in [5, 5.41) is 20.1. The van der Waals surface area contributed by atoms with Gasteiger partial charge >= 0.3 is 0 Å². The van der Waals surface area contributed by atoms with Gasteiger partial charge in [-0.3, -0.25) is 10.1 Å². The van der Waals surface area contributed by atoms with Crippen LogP contribution >= 0.6 is 50.7 Å². The molecule has 6 nitrogen and oxygen atoms in total. The van der Waals surface area contributed by atoms with Crippen molar-refractivity contribution in [1.29, 1.82) is 5.26 Å². The van der Waals surface area contributed by atoms with E-state index >= 15 is 0 Å². The first-order chi connectivity index (χ1) is 12.3. The van der Waals surface area contributed by atoms with Crippen molar-refractivity contribution < 1.29 is 4.92 Å². The summed E-state index contributed by atoms with van der Waals surface area (Å²) in [6.45, 7) is 14.4. The number of hydrogen-bond donors (Lipinski definition) is 0. The van der Waals surface area contributed by atoms with Crippen molar-refractivity contribution >= 4 is 67.8 Å². The van der Waals surface area contributed by atoms with Gasteiger partial charge < -0.3 is 0 Å². The number of benzene rings is 2. The molecule has 0 aliphatic carbocycles. The van der Waals surface area contributed by atoms with Crippen molar-refractivity contribution in [3.8, 4) is 6.07 Å². The predicted octanol–water partition coefficient (Wildman–Crippen LogP) is 6.88. The lowest BCUT2D eigenvalue weighted by molar-refractivity contribution is -0.384. The van der Waals surface area contributed by atoms with Gasteiger partial charge in [-0.05, 0) is 17.5 Å². The summed E-state index contributed by atoms with van der Waals surface area (Å²) < 4.78 is 0.305. The first-order valence-electron chi connectivity index (χ1n) is 6.57. The second-order valence-corrected chi connectivity index (χ2v) is 6.83. The Labute approximate surface area is 171 Å². The summed E-state index contributed by atoms with van der Waals surface area (Å²) in [4.78, 5) is 16.8. The number of nitrogens with zero attached hydrogens (tertiary/aromatic N) is 4. The zero-order valence-electron chi connectivity index (χ0n) is 12.5. The van der Waals surface area contributed by atoms with E-state index in [9.17, 15) is 15.4 Å². The molecule has 0 heterocycles. The van der Waals surface area contributed by atoms with Crippen LogP contribution in [-0.4, -0.2) is 4.92 Å². The second-order valence-electron chi connectivity index (χ2n) is 4.84. The normalized spacial score (nSPS) is 9.88. The van der Waals surface area contributed by atoms with E-state index in [0.29, 0.717) is 10.0 Å². The molecule has 0 amide bonds. The molecule has 0 fully saturated rings. The molecule has 0 aliphatic rings. The first-order valence-corrected chi connectivity index (χ1v) is 8.50. The van der Waals surface area contributed by atoms with Gasteiger partial charge in [0.05, 0.1) is 44.8 Å². The van der Waals surface area contributed by atoms with Gasteiger partial charge in [0, 0.05) is 16.6 Å². The van der Waals surface area contributed by atoms with Gasteiger partial charge in [-0.15, -0.1) is 0 Å². The van der Waals surface area contributed by atoms with Crippen LogP contribution in [0.25, 0.3) is 9.69 Å². The Balaban J connectivity index is 2.76. The number of nitro groups is 1. The summed E-state index contributed by atoms with van der Waals surface area (Å²) in [7, 11) is 0. The number of rotatable bonds is 3. The maximum atomic E-state index is 11.0. The molecule has 2 aromatic rings. The average Bonchev–Trinajstić information content (AvgIpc) is 2.61. The van der Waals surface area contributed by atoms with Crippen LogP contribution in [0.3, 0.4) is 0 Å². The molecule has 0 saturated heterocycles. The van der Waals surface area contributed by atoms with Crippen molar-refractivity contribution in [3.05, 3.63) is 81.3 Å². The lowest BCUT2D eigenvalue weighted by Crippen LogP contribution is -1.99. The minimum atomic E-state index is -0.616. The van der Waals surface area contributed by atoms with Crippen molar-refractivity contribution in [3.63, 3.8) is 0 Å². The molecule has 26 heavy (non-hydrogen) atoms. The second kappa shape index (κ2) is 7.91. The van der Waals surface area contributed by atoms with Crippen LogP contribution in [0.2, 0.25) is 15.1 Å². The highest BCUT2D eigenvalue weighted by molar-refractivity contribution is 9.10. The van der Waals surface area contributed by atoms with Crippen LogP contribution in [-0.2, 0) is 6.42 Å². The number of halogens is 4. The third kappa shape index (κ3) is 3.46. The predicted molar refractivity (Wildman–Crippen MR) is 102 cm³/mol.